The van der Waals surface area contributed by atoms with Crippen molar-refractivity contribution in [3.8, 4) is 5.75 Å². The molecule has 0 unspecified atom stereocenters. The predicted octanol–water partition coefficient (Wildman–Crippen LogP) is 6.26. The average molecular weight is 489 g/mol. The van der Waals surface area contributed by atoms with E-state index in [2.05, 4.69) is 20.4 Å². The molecule has 0 saturated carbocycles. The zero-order valence-corrected chi connectivity index (χ0v) is 18.6. The van der Waals surface area contributed by atoms with E-state index in [0.717, 1.165) is 37.7 Å². The summed E-state index contributed by atoms with van der Waals surface area (Å²) in [6.45, 7) is 0.744. The molecule has 0 aliphatic rings. The Bertz CT molecular complexity index is 1170. The largest absolute Gasteiger partial charge is 0.487 e. The number of benzene rings is 2. The van der Waals surface area contributed by atoms with Crippen LogP contribution in [0.4, 0.5) is 17.6 Å². The second kappa shape index (κ2) is 12.4. The van der Waals surface area contributed by atoms with Gasteiger partial charge in [-0.1, -0.05) is 18.2 Å². The number of oxazole rings is 1. The topological polar surface area (TPSA) is 98.4 Å². The lowest BCUT2D eigenvalue weighted by atomic mass is 10.1. The first kappa shape index (κ1) is 25.6. The molecule has 0 amide bonds. The molecular weight excluding hydrogens is 466 g/mol. The molecule has 3 rings (SSSR count). The van der Waals surface area contributed by atoms with Gasteiger partial charge < -0.3 is 14.9 Å². The van der Waals surface area contributed by atoms with Gasteiger partial charge in [0, 0.05) is 11.6 Å². The predicted molar refractivity (Wildman–Crippen MR) is 123 cm³/mol. The molecular formula is C24H23F4N5O2. The molecule has 0 saturated heterocycles. The maximum absolute atomic E-state index is 13.9. The summed E-state index contributed by atoms with van der Waals surface area (Å²) in [5.74, 6) is -0.154. The third-order valence-electron chi connectivity index (χ3n) is 4.77. The molecule has 35 heavy (non-hydrogen) atoms. The number of ether oxygens (including phenoxy) is 1. The molecule has 0 spiro atoms. The number of nitrogens with zero attached hydrogens (tertiary/aromatic N) is 4. The minimum absolute atomic E-state index is 0.0146. The zero-order chi connectivity index (χ0) is 25.1. The van der Waals surface area contributed by atoms with Gasteiger partial charge in [0.15, 0.2) is 0 Å². The van der Waals surface area contributed by atoms with Crippen LogP contribution in [0.5, 0.6) is 5.75 Å². The Morgan fingerprint density at radius 3 is 2.57 bits per heavy atom. The van der Waals surface area contributed by atoms with Gasteiger partial charge in [-0.3, -0.25) is 0 Å². The summed E-state index contributed by atoms with van der Waals surface area (Å²) in [6.07, 6.45) is 3.28. The van der Waals surface area contributed by atoms with Crippen LogP contribution in [-0.4, -0.2) is 17.9 Å². The van der Waals surface area contributed by atoms with Crippen LogP contribution in [0.1, 0.15) is 41.1 Å². The van der Waals surface area contributed by atoms with Crippen LogP contribution in [0.15, 0.2) is 68.6 Å². The number of hydrogen-bond acceptors (Lipinski definition) is 5. The first-order valence-electron chi connectivity index (χ1n) is 10.7. The Labute approximate surface area is 199 Å². The number of nitrogens with two attached hydrogens (primary N) is 1. The van der Waals surface area contributed by atoms with E-state index in [0.29, 0.717) is 24.1 Å². The maximum atomic E-state index is 13.9. The highest BCUT2D eigenvalue weighted by Crippen LogP contribution is 2.30. The van der Waals surface area contributed by atoms with Crippen LogP contribution >= 0.6 is 0 Å². The Hall–Kier alpha value is -4.02. The van der Waals surface area contributed by atoms with Crippen LogP contribution in [-0.2, 0) is 19.2 Å². The summed E-state index contributed by atoms with van der Waals surface area (Å²) in [4.78, 5) is 4.21. The summed E-state index contributed by atoms with van der Waals surface area (Å²) in [6, 6.07) is 9.99. The van der Waals surface area contributed by atoms with Gasteiger partial charge in [-0.15, -0.1) is 5.10 Å². The van der Waals surface area contributed by atoms with Gasteiger partial charge >= 0.3 is 6.18 Å². The van der Waals surface area contributed by atoms with Gasteiger partial charge in [-0.05, 0) is 60.4 Å². The van der Waals surface area contributed by atoms with E-state index in [-0.39, 0.29) is 18.1 Å². The maximum Gasteiger partial charge on any atom is 0.416 e. The fourth-order valence-electron chi connectivity index (χ4n) is 3.00. The van der Waals surface area contributed by atoms with Crippen molar-refractivity contribution >= 4 is 18.5 Å². The summed E-state index contributed by atoms with van der Waals surface area (Å²) < 4.78 is 62.8. The van der Waals surface area contributed by atoms with Crippen LogP contribution in [0.3, 0.4) is 0 Å². The van der Waals surface area contributed by atoms with Crippen molar-refractivity contribution in [2.45, 2.75) is 32.0 Å². The third kappa shape index (κ3) is 8.36. The minimum Gasteiger partial charge on any atom is -0.487 e. The Kier molecular flexibility index (Phi) is 9.10. The normalized spacial score (nSPS) is 12.3. The van der Waals surface area contributed by atoms with Crippen molar-refractivity contribution in [2.24, 2.45) is 21.2 Å². The Balaban J connectivity index is 1.46. The number of aromatic nitrogens is 1. The fraction of sp³-hybridized carbons (Fsp3) is 0.250. The highest BCUT2D eigenvalue weighted by molar-refractivity contribution is 5.66. The monoisotopic (exact) mass is 489 g/mol. The minimum atomic E-state index is -4.60. The van der Waals surface area contributed by atoms with Crippen LogP contribution in [0.25, 0.3) is 12.2 Å². The number of hydrogen-bond donors (Lipinski definition) is 1. The van der Waals surface area contributed by atoms with Gasteiger partial charge in [0.25, 0.3) is 0 Å². The van der Waals surface area contributed by atoms with Crippen LogP contribution in [0.2, 0.25) is 0 Å². The molecule has 0 bridgehead atoms. The number of unbranched alkanes of at least 4 members (excludes halogenated alkanes) is 1. The molecule has 1 aromatic heterocycles. The van der Waals surface area contributed by atoms with Crippen molar-refractivity contribution < 1.29 is 26.7 Å². The highest BCUT2D eigenvalue weighted by atomic mass is 19.4. The molecule has 3 aromatic rings. The Morgan fingerprint density at radius 2 is 1.86 bits per heavy atom. The summed E-state index contributed by atoms with van der Waals surface area (Å²) in [5, 5.41) is 10.8. The van der Waals surface area contributed by atoms with Crippen molar-refractivity contribution in [1.82, 2.24) is 4.98 Å². The number of aryl methyl sites for hydroxylation is 1. The SMILES string of the molecule is N/C=N\N=NCCCCc1ccc(OCc2coc(/C=C/c3ccc(C(F)(F)F)cc3F)n2)cc1. The average Bonchev–Trinajstić information content (AvgIpc) is 3.29. The molecule has 11 heteroatoms. The van der Waals surface area contributed by atoms with Gasteiger partial charge in [0.05, 0.1) is 12.1 Å². The molecule has 0 fully saturated rings. The molecule has 0 aliphatic heterocycles. The van der Waals surface area contributed by atoms with E-state index in [1.807, 2.05) is 24.3 Å². The van der Waals surface area contributed by atoms with E-state index < -0.39 is 17.6 Å². The van der Waals surface area contributed by atoms with E-state index in [4.69, 9.17) is 14.9 Å². The lowest BCUT2D eigenvalue weighted by Gasteiger charge is -2.07. The first-order chi connectivity index (χ1) is 16.8. The molecule has 2 aromatic carbocycles. The van der Waals surface area contributed by atoms with Gasteiger partial charge in [0.2, 0.25) is 5.89 Å². The number of halogens is 4. The summed E-state index contributed by atoms with van der Waals surface area (Å²) in [5.41, 5.74) is 5.67. The van der Waals surface area contributed by atoms with Crippen LogP contribution in [0, 0.1) is 5.82 Å². The van der Waals surface area contributed by atoms with E-state index in [9.17, 15) is 17.6 Å². The molecule has 7 nitrogen and oxygen atoms in total. The number of alkyl halides is 3. The van der Waals surface area contributed by atoms with Crippen molar-refractivity contribution in [3.05, 3.63) is 82.8 Å². The molecule has 0 atom stereocenters. The second-order valence-corrected chi connectivity index (χ2v) is 7.35. The van der Waals surface area contributed by atoms with Gasteiger partial charge in [0.1, 0.15) is 36.5 Å². The van der Waals surface area contributed by atoms with E-state index >= 15 is 0 Å². The molecule has 0 radical (unpaired) electrons. The lowest BCUT2D eigenvalue weighted by Crippen LogP contribution is -2.05. The Morgan fingerprint density at radius 1 is 1.06 bits per heavy atom. The molecule has 2 N–H and O–H groups in total. The van der Waals surface area contributed by atoms with Crippen LogP contribution < -0.4 is 10.5 Å². The van der Waals surface area contributed by atoms with E-state index in [1.165, 1.54) is 24.0 Å². The third-order valence-corrected chi connectivity index (χ3v) is 4.77. The zero-order valence-electron chi connectivity index (χ0n) is 18.6. The smallest absolute Gasteiger partial charge is 0.416 e. The highest BCUT2D eigenvalue weighted by Gasteiger charge is 2.30. The molecule has 184 valence electrons. The fourth-order valence-corrected chi connectivity index (χ4v) is 3.00. The van der Waals surface area contributed by atoms with Crippen molar-refractivity contribution in [1.29, 1.82) is 0 Å². The van der Waals surface area contributed by atoms with Gasteiger partial charge in [-0.2, -0.15) is 18.3 Å². The summed E-state index contributed by atoms with van der Waals surface area (Å²) in [7, 11) is 0. The quantitative estimate of drug-likeness (QED) is 0.0858. The van der Waals surface area contributed by atoms with Crippen molar-refractivity contribution in [3.63, 3.8) is 0 Å². The number of rotatable bonds is 11. The summed E-state index contributed by atoms with van der Waals surface area (Å²) >= 11 is 0. The second-order valence-electron chi connectivity index (χ2n) is 7.35. The standard InChI is InChI=1S/C24H23F4N5O2/c25-22-13-19(24(26,27)28)8-6-18(22)7-11-23-32-20(15-35-23)14-34-21-9-4-17(5-10-21)3-1-2-12-30-33-31-16-29/h4-11,13,15-16H,1-3,12,14H2,(H2,29,30,31)/b11-7+. The lowest BCUT2D eigenvalue weighted by molar-refractivity contribution is -0.137. The first-order valence-corrected chi connectivity index (χ1v) is 10.7. The van der Waals surface area contributed by atoms with E-state index in [1.54, 1.807) is 0 Å². The van der Waals surface area contributed by atoms with Gasteiger partial charge in [-0.25, -0.2) is 9.37 Å². The molecule has 1 heterocycles. The molecule has 0 aliphatic carbocycles. The van der Waals surface area contributed by atoms with Crippen molar-refractivity contribution in [2.75, 3.05) is 6.54 Å².